The van der Waals surface area contributed by atoms with Gasteiger partial charge in [0.1, 0.15) is 18.0 Å². The van der Waals surface area contributed by atoms with E-state index >= 15 is 0 Å². The van der Waals surface area contributed by atoms with Crippen molar-refractivity contribution in [3.8, 4) is 16.9 Å². The average Bonchev–Trinajstić information content (AvgIpc) is 3.01. The molecule has 0 amide bonds. The van der Waals surface area contributed by atoms with Gasteiger partial charge in [-0.3, -0.25) is 9.59 Å². The number of carbonyl (C=O) groups excluding carboxylic acids is 2. The molecule has 254 valence electrons. The van der Waals surface area contributed by atoms with E-state index < -0.39 is 28.8 Å². The minimum Gasteiger partial charge on any atom is -0.494 e. The van der Waals surface area contributed by atoms with Crippen LogP contribution in [0, 0.1) is 0 Å². The summed E-state index contributed by atoms with van der Waals surface area (Å²) in [7, 11) is -3.34. The molecular weight excluding hydrogens is 631 g/mol. The predicted molar refractivity (Wildman–Crippen MR) is 200 cm³/mol. The predicted octanol–water partition coefficient (Wildman–Crippen LogP) is 10.1. The molecule has 8 heteroatoms. The van der Waals surface area contributed by atoms with E-state index in [4.69, 9.17) is 13.6 Å². The fraction of sp³-hybridized carbons (Fsp3) is 0.400. The van der Waals surface area contributed by atoms with Crippen molar-refractivity contribution in [2.24, 2.45) is 0 Å². The van der Waals surface area contributed by atoms with Gasteiger partial charge in [-0.2, -0.15) is 0 Å². The first-order valence-corrected chi connectivity index (χ1v) is 22.6. The molecule has 0 radical (unpaired) electrons. The number of carbonyl (C=O) groups is 2. The number of methoxy groups -OCH3 is 1. The van der Waals surface area contributed by atoms with E-state index in [1.54, 1.807) is 7.11 Å². The van der Waals surface area contributed by atoms with Crippen molar-refractivity contribution < 1.29 is 23.2 Å². The largest absolute Gasteiger partial charge is 0.494 e. The van der Waals surface area contributed by atoms with Crippen LogP contribution in [0.3, 0.4) is 0 Å². The highest BCUT2D eigenvalue weighted by Crippen LogP contribution is 2.57. The van der Waals surface area contributed by atoms with Gasteiger partial charge in [0.15, 0.2) is 28.2 Å². The second-order valence-electron chi connectivity index (χ2n) is 15.9. The monoisotopic (exact) mass is 681 g/mol. The van der Waals surface area contributed by atoms with Crippen LogP contribution < -0.4 is 10.1 Å². The van der Waals surface area contributed by atoms with Crippen molar-refractivity contribution in [1.82, 2.24) is 0 Å². The number of nitrogens with one attached hydrogen (secondary N) is 1. The van der Waals surface area contributed by atoms with Gasteiger partial charge in [-0.25, -0.2) is 0 Å². The maximum atomic E-state index is 14.1. The molecule has 2 atom stereocenters. The van der Waals surface area contributed by atoms with Crippen LogP contribution in [-0.2, 0) is 25.0 Å². The lowest BCUT2D eigenvalue weighted by Crippen LogP contribution is -2.46. The Morgan fingerprint density at radius 2 is 1.19 bits per heavy atom. The Balaban J connectivity index is 1.87. The van der Waals surface area contributed by atoms with Gasteiger partial charge in [-0.1, -0.05) is 102 Å². The number of rotatable bonds is 9. The van der Waals surface area contributed by atoms with E-state index in [1.165, 1.54) is 12.2 Å². The van der Waals surface area contributed by atoms with Crippen molar-refractivity contribution in [3.63, 3.8) is 0 Å². The van der Waals surface area contributed by atoms with Crippen LogP contribution in [0.4, 0.5) is 5.69 Å². The van der Waals surface area contributed by atoms with E-state index in [1.807, 2.05) is 36.4 Å². The van der Waals surface area contributed by atoms with Crippen LogP contribution >= 0.6 is 0 Å². The fourth-order valence-electron chi connectivity index (χ4n) is 5.82. The second-order valence-corrected chi connectivity index (χ2v) is 25.5. The maximum absolute atomic E-state index is 14.1. The molecule has 0 bridgehead atoms. The SMILES string of the molecule is COc1c(NCc2ccccc2)c(-c2ccccc2)cc2c1[C@H](O[Si](C)(C)C(C)(C)C)C1=C(C(=O)C=CC1=O)[C@@H]2O[Si](C)(C)C(C)(C)C. The molecule has 0 aliphatic heterocycles. The third-order valence-electron chi connectivity index (χ3n) is 10.7. The Bertz CT molecular complexity index is 1760. The Morgan fingerprint density at radius 3 is 1.69 bits per heavy atom. The third kappa shape index (κ3) is 6.68. The molecule has 0 spiro atoms. The summed E-state index contributed by atoms with van der Waals surface area (Å²) in [6.45, 7) is 22.4. The summed E-state index contributed by atoms with van der Waals surface area (Å²) in [5.74, 6) is 0.154. The summed E-state index contributed by atoms with van der Waals surface area (Å²) in [4.78, 5) is 28.1. The van der Waals surface area contributed by atoms with Crippen LogP contribution in [0.15, 0.2) is 90.0 Å². The highest BCUT2D eigenvalue weighted by molar-refractivity contribution is 6.74. The molecule has 3 aromatic rings. The van der Waals surface area contributed by atoms with Crippen molar-refractivity contribution in [2.45, 2.75) is 96.6 Å². The Morgan fingerprint density at radius 1 is 0.708 bits per heavy atom. The van der Waals surface area contributed by atoms with E-state index in [9.17, 15) is 9.59 Å². The molecular formula is C40H51NO5Si2. The van der Waals surface area contributed by atoms with Crippen molar-refractivity contribution in [3.05, 3.63) is 107 Å². The molecule has 0 unspecified atom stereocenters. The minimum atomic E-state index is -2.52. The molecule has 1 N–H and O–H groups in total. The normalized spacial score (nSPS) is 18.5. The molecule has 5 rings (SSSR count). The molecule has 0 heterocycles. The Hall–Kier alpha value is -3.57. The van der Waals surface area contributed by atoms with Gasteiger partial charge in [0.2, 0.25) is 0 Å². The smallest absolute Gasteiger partial charge is 0.193 e. The van der Waals surface area contributed by atoms with Crippen LogP contribution in [0.1, 0.15) is 70.4 Å². The third-order valence-corrected chi connectivity index (χ3v) is 19.5. The summed E-state index contributed by atoms with van der Waals surface area (Å²) >= 11 is 0. The Labute approximate surface area is 288 Å². The number of hydrogen-bond donors (Lipinski definition) is 1. The molecule has 48 heavy (non-hydrogen) atoms. The first-order valence-electron chi connectivity index (χ1n) is 16.8. The zero-order valence-electron chi connectivity index (χ0n) is 30.4. The molecule has 6 nitrogen and oxygen atoms in total. The highest BCUT2D eigenvalue weighted by Gasteiger charge is 2.51. The van der Waals surface area contributed by atoms with Gasteiger partial charge in [0.25, 0.3) is 0 Å². The molecule has 3 aromatic carbocycles. The highest BCUT2D eigenvalue weighted by atomic mass is 28.4. The number of ether oxygens (including phenoxy) is 1. The van der Waals surface area contributed by atoms with Crippen LogP contribution in [0.5, 0.6) is 5.75 Å². The number of ketones is 2. The number of anilines is 1. The van der Waals surface area contributed by atoms with Crippen molar-refractivity contribution in [2.75, 3.05) is 12.4 Å². The van der Waals surface area contributed by atoms with E-state index in [0.29, 0.717) is 23.4 Å². The lowest BCUT2D eigenvalue weighted by molar-refractivity contribution is -0.116. The first kappa shape index (κ1) is 35.7. The van der Waals surface area contributed by atoms with Gasteiger partial charge in [0, 0.05) is 28.8 Å². The van der Waals surface area contributed by atoms with Gasteiger partial charge in [0.05, 0.1) is 12.8 Å². The van der Waals surface area contributed by atoms with Crippen LogP contribution in [0.25, 0.3) is 11.1 Å². The van der Waals surface area contributed by atoms with Crippen LogP contribution in [0.2, 0.25) is 36.3 Å². The molecule has 2 aliphatic carbocycles. The quantitative estimate of drug-likeness (QED) is 0.179. The molecule has 0 aromatic heterocycles. The Kier molecular flexibility index (Phi) is 9.71. The minimum absolute atomic E-state index is 0.149. The van der Waals surface area contributed by atoms with Gasteiger partial charge < -0.3 is 18.9 Å². The lowest BCUT2D eigenvalue weighted by atomic mass is 9.75. The number of allylic oxidation sites excluding steroid dienone is 2. The first-order chi connectivity index (χ1) is 22.4. The van der Waals surface area contributed by atoms with Gasteiger partial charge in [-0.05, 0) is 71.2 Å². The number of benzene rings is 3. The lowest BCUT2D eigenvalue weighted by Gasteiger charge is -2.46. The van der Waals surface area contributed by atoms with Crippen LogP contribution in [-0.4, -0.2) is 35.3 Å². The molecule has 2 aliphatic rings. The molecule has 0 fully saturated rings. The van der Waals surface area contributed by atoms with Gasteiger partial charge >= 0.3 is 0 Å². The fourth-order valence-corrected chi connectivity index (χ4v) is 8.19. The number of fused-ring (bicyclic) bond motifs is 1. The summed E-state index contributed by atoms with van der Waals surface area (Å²) in [6.07, 6.45) is 1.20. The summed E-state index contributed by atoms with van der Waals surface area (Å²) in [5, 5.41) is 3.40. The summed E-state index contributed by atoms with van der Waals surface area (Å²) in [5.41, 5.74) is 6.14. The molecule has 0 saturated carbocycles. The average molecular weight is 682 g/mol. The second kappa shape index (κ2) is 13.0. The summed E-state index contributed by atoms with van der Waals surface area (Å²) in [6, 6.07) is 22.6. The molecule has 0 saturated heterocycles. The standard InChI is InChI=1S/C40H51NO5Si2/c1-39(2,3)47(8,9)45-36-29-24-28(27-20-16-13-17-21-27)35(41-25-26-18-14-12-15-19-26)38(44-7)32(29)37(46-48(10,11)40(4,5)6)34-31(43)23-22-30(42)33(34)36/h12-24,36-37,41H,25H2,1-11H3/t36-,37+/m1/s1. The van der Waals surface area contributed by atoms with Gasteiger partial charge in [-0.15, -0.1) is 0 Å². The summed E-state index contributed by atoms with van der Waals surface area (Å²) < 4.78 is 20.9. The zero-order chi connectivity index (χ0) is 35.2. The number of hydrogen-bond acceptors (Lipinski definition) is 6. The maximum Gasteiger partial charge on any atom is 0.193 e. The topological polar surface area (TPSA) is 73.9 Å². The van der Waals surface area contributed by atoms with E-state index in [2.05, 4.69) is 103 Å². The van der Waals surface area contributed by atoms with Crippen molar-refractivity contribution in [1.29, 1.82) is 0 Å². The van der Waals surface area contributed by atoms with E-state index in [-0.39, 0.29) is 21.6 Å². The van der Waals surface area contributed by atoms with Crippen molar-refractivity contribution >= 4 is 33.9 Å². The van der Waals surface area contributed by atoms with E-state index in [0.717, 1.165) is 33.5 Å². The zero-order valence-corrected chi connectivity index (χ0v) is 32.4.